The van der Waals surface area contributed by atoms with E-state index in [0.717, 1.165) is 11.0 Å². The Balaban J connectivity index is 2.39. The fourth-order valence-corrected chi connectivity index (χ4v) is 2.32. The Morgan fingerprint density at radius 1 is 1.48 bits per heavy atom. The first-order valence-electron chi connectivity index (χ1n) is 5.90. The minimum absolute atomic E-state index is 0.0264. The summed E-state index contributed by atoms with van der Waals surface area (Å²) in [5.41, 5.74) is -0.222. The lowest BCUT2D eigenvalue weighted by molar-refractivity contribution is -0.384. The molecule has 1 fully saturated rings. The molecule has 0 aromatic heterocycles. The van der Waals surface area contributed by atoms with E-state index in [0.29, 0.717) is 4.47 Å². The van der Waals surface area contributed by atoms with Gasteiger partial charge in [0.05, 0.1) is 10.5 Å². The number of halogens is 1. The average molecular weight is 356 g/mol. The van der Waals surface area contributed by atoms with Crippen molar-refractivity contribution in [1.29, 1.82) is 0 Å². The Morgan fingerprint density at radius 3 is 2.76 bits per heavy atom. The van der Waals surface area contributed by atoms with E-state index in [1.165, 1.54) is 19.1 Å². The van der Waals surface area contributed by atoms with Crippen molar-refractivity contribution in [3.05, 3.63) is 38.3 Å². The molecule has 1 heterocycles. The van der Waals surface area contributed by atoms with E-state index in [1.807, 2.05) is 0 Å². The second kappa shape index (κ2) is 5.60. The second-order valence-electron chi connectivity index (χ2n) is 4.44. The highest BCUT2D eigenvalue weighted by Crippen LogP contribution is 2.25. The predicted molar refractivity (Wildman–Crippen MR) is 74.4 cm³/mol. The minimum atomic E-state index is -0.832. The zero-order valence-corrected chi connectivity index (χ0v) is 12.4. The average Bonchev–Trinajstić information content (AvgIpc) is 2.42. The van der Waals surface area contributed by atoms with Crippen molar-refractivity contribution in [2.75, 3.05) is 6.54 Å². The molecule has 9 heteroatoms. The monoisotopic (exact) mass is 355 g/mol. The molecule has 1 N–H and O–H groups in total. The van der Waals surface area contributed by atoms with Crippen molar-refractivity contribution < 1.29 is 19.3 Å². The molecule has 0 bridgehead atoms. The van der Waals surface area contributed by atoms with Gasteiger partial charge in [-0.25, -0.2) is 0 Å². The highest BCUT2D eigenvalue weighted by atomic mass is 79.9. The first-order chi connectivity index (χ1) is 9.81. The molecule has 21 heavy (non-hydrogen) atoms. The van der Waals surface area contributed by atoms with Crippen LogP contribution in [-0.4, -0.2) is 40.1 Å². The molecule has 1 aromatic carbocycles. The molecule has 0 aliphatic carbocycles. The minimum Gasteiger partial charge on any atom is -0.318 e. The maximum Gasteiger partial charge on any atom is 0.270 e. The summed E-state index contributed by atoms with van der Waals surface area (Å²) < 4.78 is 0.351. The maximum absolute atomic E-state index is 12.4. The van der Waals surface area contributed by atoms with Crippen molar-refractivity contribution in [2.24, 2.45) is 0 Å². The van der Waals surface area contributed by atoms with Crippen LogP contribution in [0.4, 0.5) is 5.69 Å². The Hall–Kier alpha value is -2.29. The summed E-state index contributed by atoms with van der Waals surface area (Å²) >= 11 is 3.14. The lowest BCUT2D eigenvalue weighted by Gasteiger charge is -2.31. The summed E-state index contributed by atoms with van der Waals surface area (Å²) in [6.45, 7) is 1.20. The molecule has 1 aliphatic rings. The van der Waals surface area contributed by atoms with Crippen LogP contribution in [-0.2, 0) is 9.59 Å². The molecule has 1 atom stereocenters. The molecule has 8 nitrogen and oxygen atoms in total. The van der Waals surface area contributed by atoms with Crippen LogP contribution >= 0.6 is 15.9 Å². The van der Waals surface area contributed by atoms with E-state index >= 15 is 0 Å². The third kappa shape index (κ3) is 2.92. The summed E-state index contributed by atoms with van der Waals surface area (Å²) in [5, 5.41) is 12.9. The predicted octanol–water partition coefficient (Wildman–Crippen LogP) is 0.844. The number of nitrogens with zero attached hydrogens (tertiary/aromatic N) is 2. The van der Waals surface area contributed by atoms with Crippen LogP contribution < -0.4 is 5.32 Å². The molecule has 2 rings (SSSR count). The van der Waals surface area contributed by atoms with Gasteiger partial charge in [0.1, 0.15) is 12.6 Å². The molecule has 1 saturated heterocycles. The summed E-state index contributed by atoms with van der Waals surface area (Å²) in [7, 11) is 0. The van der Waals surface area contributed by atoms with Gasteiger partial charge in [0.15, 0.2) is 0 Å². The Morgan fingerprint density at radius 2 is 2.14 bits per heavy atom. The molecule has 0 radical (unpaired) electrons. The molecule has 1 unspecified atom stereocenters. The standard InChI is InChI=1S/C12H10BrN3O5/c1-6-11(18)14-10(17)5-15(6)12(19)8-4-7(16(20)21)2-3-9(8)13/h2-4,6H,5H2,1H3,(H,14,17,18). The number of hydrogen-bond donors (Lipinski definition) is 1. The highest BCUT2D eigenvalue weighted by molar-refractivity contribution is 9.10. The second-order valence-corrected chi connectivity index (χ2v) is 5.30. The van der Waals surface area contributed by atoms with Gasteiger partial charge in [-0.05, 0) is 28.9 Å². The number of nitro benzene ring substituents is 1. The third-order valence-corrected chi connectivity index (χ3v) is 3.77. The molecule has 1 aliphatic heterocycles. The number of rotatable bonds is 2. The summed E-state index contributed by atoms with van der Waals surface area (Å²) in [5.74, 6) is -1.80. The number of imide groups is 1. The van der Waals surface area contributed by atoms with Crippen LogP contribution in [0, 0.1) is 10.1 Å². The van der Waals surface area contributed by atoms with Crippen LogP contribution in [0.15, 0.2) is 22.7 Å². The van der Waals surface area contributed by atoms with E-state index in [4.69, 9.17) is 0 Å². The summed E-state index contributed by atoms with van der Waals surface area (Å²) in [4.78, 5) is 46.6. The van der Waals surface area contributed by atoms with Crippen LogP contribution in [0.25, 0.3) is 0 Å². The Labute approximate surface area is 127 Å². The van der Waals surface area contributed by atoms with Crippen LogP contribution in [0.1, 0.15) is 17.3 Å². The lowest BCUT2D eigenvalue weighted by atomic mass is 10.1. The number of carbonyl (C=O) groups is 3. The van der Waals surface area contributed by atoms with Gasteiger partial charge in [0.2, 0.25) is 11.8 Å². The molecular formula is C12H10BrN3O5. The largest absolute Gasteiger partial charge is 0.318 e. The Kier molecular flexibility index (Phi) is 4.03. The van der Waals surface area contributed by atoms with Crippen LogP contribution in [0.3, 0.4) is 0 Å². The van der Waals surface area contributed by atoms with Gasteiger partial charge < -0.3 is 4.90 Å². The van der Waals surface area contributed by atoms with Gasteiger partial charge in [-0.1, -0.05) is 0 Å². The number of nitro groups is 1. The number of amides is 3. The van der Waals surface area contributed by atoms with E-state index in [2.05, 4.69) is 21.2 Å². The normalized spacial score (nSPS) is 18.4. The lowest BCUT2D eigenvalue weighted by Crippen LogP contribution is -2.58. The van der Waals surface area contributed by atoms with Crippen molar-refractivity contribution in [3.63, 3.8) is 0 Å². The SMILES string of the molecule is CC1C(=O)NC(=O)CN1C(=O)c1cc([N+](=O)[O-])ccc1Br. The van der Waals surface area contributed by atoms with Crippen molar-refractivity contribution >= 4 is 39.3 Å². The van der Waals surface area contributed by atoms with Gasteiger partial charge >= 0.3 is 0 Å². The van der Waals surface area contributed by atoms with Crippen molar-refractivity contribution in [2.45, 2.75) is 13.0 Å². The maximum atomic E-state index is 12.4. The van der Waals surface area contributed by atoms with Crippen molar-refractivity contribution in [1.82, 2.24) is 10.2 Å². The summed E-state index contributed by atoms with van der Waals surface area (Å²) in [6, 6.07) is 2.90. The zero-order chi connectivity index (χ0) is 15.7. The van der Waals surface area contributed by atoms with Gasteiger partial charge in [-0.3, -0.25) is 29.8 Å². The molecule has 1 aromatic rings. The molecule has 0 spiro atoms. The fraction of sp³-hybridized carbons (Fsp3) is 0.250. The quantitative estimate of drug-likeness (QED) is 0.480. The van der Waals surface area contributed by atoms with Crippen molar-refractivity contribution in [3.8, 4) is 0 Å². The van der Waals surface area contributed by atoms with Gasteiger partial charge in [0.25, 0.3) is 11.6 Å². The first-order valence-corrected chi connectivity index (χ1v) is 6.69. The topological polar surface area (TPSA) is 110 Å². The van der Waals surface area contributed by atoms with E-state index in [-0.39, 0.29) is 17.8 Å². The van der Waals surface area contributed by atoms with Crippen LogP contribution in [0.5, 0.6) is 0 Å². The number of hydrogen-bond acceptors (Lipinski definition) is 5. The zero-order valence-electron chi connectivity index (χ0n) is 10.8. The number of piperazine rings is 1. The molecular weight excluding hydrogens is 346 g/mol. The molecule has 110 valence electrons. The molecule has 0 saturated carbocycles. The van der Waals surface area contributed by atoms with Crippen LogP contribution in [0.2, 0.25) is 0 Å². The number of carbonyl (C=O) groups excluding carboxylic acids is 3. The van der Waals surface area contributed by atoms with E-state index in [9.17, 15) is 24.5 Å². The smallest absolute Gasteiger partial charge is 0.270 e. The Bertz CT molecular complexity index is 660. The van der Waals surface area contributed by atoms with E-state index in [1.54, 1.807) is 0 Å². The van der Waals surface area contributed by atoms with E-state index < -0.39 is 28.7 Å². The van der Waals surface area contributed by atoms with Gasteiger partial charge in [-0.15, -0.1) is 0 Å². The third-order valence-electron chi connectivity index (χ3n) is 3.08. The van der Waals surface area contributed by atoms with Gasteiger partial charge in [-0.2, -0.15) is 0 Å². The first kappa shape index (κ1) is 15.1. The molecule has 3 amide bonds. The fourth-order valence-electron chi connectivity index (χ4n) is 1.91. The number of non-ortho nitro benzene ring substituents is 1. The van der Waals surface area contributed by atoms with Gasteiger partial charge in [0, 0.05) is 16.6 Å². The highest BCUT2D eigenvalue weighted by Gasteiger charge is 2.35. The number of benzene rings is 1. The number of nitrogens with one attached hydrogen (secondary N) is 1. The summed E-state index contributed by atoms with van der Waals surface area (Å²) in [6.07, 6.45) is 0.